The van der Waals surface area contributed by atoms with E-state index in [1.165, 1.54) is 23.0 Å². The van der Waals surface area contributed by atoms with Crippen LogP contribution in [0.15, 0.2) is 48.0 Å². The topological polar surface area (TPSA) is 83.9 Å². The molecule has 1 aliphatic carbocycles. The Morgan fingerprint density at radius 1 is 1.06 bits per heavy atom. The summed E-state index contributed by atoms with van der Waals surface area (Å²) in [5.74, 6) is -1.49. The monoisotopic (exact) mass is 433 g/mol. The number of rotatable bonds is 5. The lowest BCUT2D eigenvalue weighted by molar-refractivity contribution is -0.139. The number of aryl methyl sites for hydroxylation is 2. The molecule has 1 fully saturated rings. The van der Waals surface area contributed by atoms with E-state index in [0.29, 0.717) is 29.8 Å². The molecule has 1 heterocycles. The Balaban J connectivity index is 1.79. The molecule has 1 N–H and O–H groups in total. The molecule has 0 saturated carbocycles. The summed E-state index contributed by atoms with van der Waals surface area (Å²) in [6, 6.07) is 11.8. The molecule has 0 spiro atoms. The first-order chi connectivity index (χ1) is 15.4. The molecule has 0 radical (unpaired) electrons. The number of aliphatic hydroxyl groups is 1. The molecule has 4 rings (SSSR count). The largest absolute Gasteiger partial charge is 0.507 e. The number of Topliss-reactive ketones (excluding diaryl/α,β-unsaturated/α-hetero) is 1. The van der Waals surface area contributed by atoms with Gasteiger partial charge in [-0.25, -0.2) is 0 Å². The summed E-state index contributed by atoms with van der Waals surface area (Å²) in [6.45, 7) is 3.65. The van der Waals surface area contributed by atoms with Gasteiger partial charge in [0.2, 0.25) is 0 Å². The molecule has 0 aromatic heterocycles. The second-order valence-electron chi connectivity index (χ2n) is 8.35. The molecule has 6 nitrogen and oxygen atoms in total. The fourth-order valence-electron chi connectivity index (χ4n) is 4.62. The van der Waals surface area contributed by atoms with Gasteiger partial charge in [-0.15, -0.1) is 0 Å². The number of ether oxygens (including phenoxy) is 1. The van der Waals surface area contributed by atoms with Crippen LogP contribution in [0.2, 0.25) is 0 Å². The number of aliphatic hydroxyl groups excluding tert-OH is 1. The van der Waals surface area contributed by atoms with E-state index in [9.17, 15) is 19.5 Å². The van der Waals surface area contributed by atoms with Gasteiger partial charge in [-0.2, -0.15) is 0 Å². The van der Waals surface area contributed by atoms with Gasteiger partial charge in [-0.05, 0) is 67.0 Å². The van der Waals surface area contributed by atoms with E-state index in [-0.39, 0.29) is 11.3 Å². The molecule has 6 heteroatoms. The van der Waals surface area contributed by atoms with E-state index in [1.54, 1.807) is 24.3 Å². The summed E-state index contributed by atoms with van der Waals surface area (Å²) in [7, 11) is 0. The first-order valence-corrected chi connectivity index (χ1v) is 11.1. The second kappa shape index (κ2) is 8.99. The number of fused-ring (bicyclic) bond motifs is 1. The number of ketones is 1. The van der Waals surface area contributed by atoms with Crippen molar-refractivity contribution in [1.29, 1.82) is 0 Å². The molecule has 1 aliphatic heterocycles. The zero-order chi connectivity index (χ0) is 22.8. The number of esters is 1. The highest BCUT2D eigenvalue weighted by Gasteiger charge is 2.45. The minimum absolute atomic E-state index is 0.0967. The third-order valence-corrected chi connectivity index (χ3v) is 6.08. The molecule has 1 saturated heterocycles. The lowest BCUT2D eigenvalue weighted by Crippen LogP contribution is -2.30. The molecule has 0 bridgehead atoms. The van der Waals surface area contributed by atoms with Gasteiger partial charge in [-0.3, -0.25) is 14.4 Å². The highest BCUT2D eigenvalue weighted by atomic mass is 16.5. The first kappa shape index (κ1) is 21.8. The van der Waals surface area contributed by atoms with E-state index in [0.717, 1.165) is 25.7 Å². The van der Waals surface area contributed by atoms with Crippen LogP contribution in [0.5, 0.6) is 5.75 Å². The summed E-state index contributed by atoms with van der Waals surface area (Å²) in [5.41, 5.74) is 3.79. The Morgan fingerprint density at radius 2 is 1.75 bits per heavy atom. The van der Waals surface area contributed by atoms with Crippen LogP contribution in [0.1, 0.15) is 61.4 Å². The molecule has 1 unspecified atom stereocenters. The predicted molar refractivity (Wildman–Crippen MR) is 120 cm³/mol. The molecule has 166 valence electrons. The van der Waals surface area contributed by atoms with Crippen LogP contribution in [0.4, 0.5) is 0 Å². The lowest BCUT2D eigenvalue weighted by Gasteiger charge is -2.25. The fourth-order valence-corrected chi connectivity index (χ4v) is 4.62. The van der Waals surface area contributed by atoms with Crippen LogP contribution in [-0.2, 0) is 27.2 Å². The molecular weight excluding hydrogens is 406 g/mol. The Labute approximate surface area is 187 Å². The summed E-state index contributed by atoms with van der Waals surface area (Å²) in [5, 5.41) is 11.2. The SMILES string of the molecule is CCCN1C(=O)C(=O)/C(=C(\O)c2ccc3c(c2)CCCC3)C1c1ccc(OC(C)=O)cc1. The molecule has 32 heavy (non-hydrogen) atoms. The van der Waals surface area contributed by atoms with Crippen molar-refractivity contribution in [3.05, 3.63) is 70.3 Å². The van der Waals surface area contributed by atoms with Crippen LogP contribution < -0.4 is 4.74 Å². The predicted octanol–water partition coefficient (Wildman–Crippen LogP) is 4.32. The van der Waals surface area contributed by atoms with Crippen molar-refractivity contribution < 1.29 is 24.2 Å². The van der Waals surface area contributed by atoms with Crippen molar-refractivity contribution in [2.75, 3.05) is 6.54 Å². The maximum absolute atomic E-state index is 13.0. The van der Waals surface area contributed by atoms with Crippen molar-refractivity contribution in [2.24, 2.45) is 0 Å². The standard InChI is InChI=1S/C26H27NO5/c1-3-14-27-23(18-10-12-21(13-11-18)32-16(2)28)22(25(30)26(27)31)24(29)20-9-8-17-6-4-5-7-19(17)15-20/h8-13,15,23,29H,3-7,14H2,1-2H3/b24-22-. The zero-order valence-corrected chi connectivity index (χ0v) is 18.4. The molecule has 1 atom stereocenters. The quantitative estimate of drug-likeness (QED) is 0.250. The highest BCUT2D eigenvalue weighted by molar-refractivity contribution is 6.46. The zero-order valence-electron chi connectivity index (χ0n) is 18.4. The maximum atomic E-state index is 13.0. The van der Waals surface area contributed by atoms with Crippen LogP contribution in [0.25, 0.3) is 5.76 Å². The Morgan fingerprint density at radius 3 is 2.41 bits per heavy atom. The smallest absolute Gasteiger partial charge is 0.308 e. The van der Waals surface area contributed by atoms with Gasteiger partial charge < -0.3 is 14.7 Å². The number of benzene rings is 2. The number of hydrogen-bond acceptors (Lipinski definition) is 5. The van der Waals surface area contributed by atoms with E-state index < -0.39 is 23.7 Å². The maximum Gasteiger partial charge on any atom is 0.308 e. The van der Waals surface area contributed by atoms with Crippen LogP contribution >= 0.6 is 0 Å². The van der Waals surface area contributed by atoms with Gasteiger partial charge in [-0.1, -0.05) is 31.2 Å². The normalized spacial score (nSPS) is 19.7. The van der Waals surface area contributed by atoms with Crippen molar-refractivity contribution in [3.63, 3.8) is 0 Å². The average Bonchev–Trinajstić information content (AvgIpc) is 3.03. The molecule has 2 aromatic rings. The summed E-state index contributed by atoms with van der Waals surface area (Å²) in [6.07, 6.45) is 4.90. The van der Waals surface area contributed by atoms with Crippen molar-refractivity contribution in [2.45, 2.75) is 52.0 Å². The minimum Gasteiger partial charge on any atom is -0.507 e. The van der Waals surface area contributed by atoms with E-state index in [1.807, 2.05) is 25.1 Å². The fraction of sp³-hybridized carbons (Fsp3) is 0.346. The van der Waals surface area contributed by atoms with E-state index in [2.05, 4.69) is 0 Å². The number of hydrogen-bond donors (Lipinski definition) is 1. The molecule has 1 amide bonds. The van der Waals surface area contributed by atoms with E-state index >= 15 is 0 Å². The first-order valence-electron chi connectivity index (χ1n) is 11.1. The van der Waals surface area contributed by atoms with Gasteiger partial charge in [0, 0.05) is 19.0 Å². The van der Waals surface area contributed by atoms with Crippen molar-refractivity contribution >= 4 is 23.4 Å². The van der Waals surface area contributed by atoms with Crippen LogP contribution in [0, 0.1) is 0 Å². The van der Waals surface area contributed by atoms with Crippen LogP contribution in [0.3, 0.4) is 0 Å². The summed E-state index contributed by atoms with van der Waals surface area (Å²) >= 11 is 0. The Kier molecular flexibility index (Phi) is 6.12. The summed E-state index contributed by atoms with van der Waals surface area (Å²) < 4.78 is 5.10. The molecule has 2 aliphatic rings. The van der Waals surface area contributed by atoms with Gasteiger partial charge in [0.1, 0.15) is 11.5 Å². The second-order valence-corrected chi connectivity index (χ2v) is 8.35. The number of amides is 1. The average molecular weight is 434 g/mol. The number of carbonyl (C=O) groups excluding carboxylic acids is 3. The minimum atomic E-state index is -0.697. The number of carbonyl (C=O) groups is 3. The van der Waals surface area contributed by atoms with Gasteiger partial charge in [0.15, 0.2) is 0 Å². The number of nitrogens with zero attached hydrogens (tertiary/aromatic N) is 1. The summed E-state index contributed by atoms with van der Waals surface area (Å²) in [4.78, 5) is 38.6. The van der Waals surface area contributed by atoms with Crippen LogP contribution in [-0.4, -0.2) is 34.2 Å². The van der Waals surface area contributed by atoms with E-state index in [4.69, 9.17) is 4.74 Å². The molecule has 2 aromatic carbocycles. The third-order valence-electron chi connectivity index (χ3n) is 6.08. The third kappa shape index (κ3) is 4.05. The Bertz CT molecular complexity index is 1100. The lowest BCUT2D eigenvalue weighted by atomic mass is 9.88. The van der Waals surface area contributed by atoms with Gasteiger partial charge in [0.25, 0.3) is 11.7 Å². The molecular formula is C26H27NO5. The van der Waals surface area contributed by atoms with Gasteiger partial charge in [0.05, 0.1) is 11.6 Å². The highest BCUT2D eigenvalue weighted by Crippen LogP contribution is 2.40. The van der Waals surface area contributed by atoms with Gasteiger partial charge >= 0.3 is 5.97 Å². The van der Waals surface area contributed by atoms with Crippen molar-refractivity contribution in [3.8, 4) is 5.75 Å². The Hall–Kier alpha value is -3.41. The number of likely N-dealkylation sites (tertiary alicyclic amines) is 1. The van der Waals surface area contributed by atoms with Crippen molar-refractivity contribution in [1.82, 2.24) is 4.90 Å².